The quantitative estimate of drug-likeness (QED) is 0.844. The molecule has 1 atom stereocenters. The zero-order valence-electron chi connectivity index (χ0n) is 15.2. The molecule has 0 aliphatic carbocycles. The zero-order valence-corrected chi connectivity index (χ0v) is 16.0. The molecule has 3 heterocycles. The Hall–Kier alpha value is -1.73. The summed E-state index contributed by atoms with van der Waals surface area (Å²) in [6, 6.07) is 0.0537. The fraction of sp³-hybridized carbons (Fsp3) is 0.611. The van der Waals surface area contributed by atoms with E-state index >= 15 is 0 Å². The van der Waals surface area contributed by atoms with Gasteiger partial charge in [-0.25, -0.2) is 9.78 Å². The fourth-order valence-electron chi connectivity index (χ4n) is 3.34. The Labute approximate surface area is 151 Å². The van der Waals surface area contributed by atoms with Crippen LogP contribution in [-0.2, 0) is 4.74 Å². The summed E-state index contributed by atoms with van der Waals surface area (Å²) in [6.07, 6.45) is 2.34. The van der Waals surface area contributed by atoms with Gasteiger partial charge in [-0.1, -0.05) is 6.92 Å². The summed E-state index contributed by atoms with van der Waals surface area (Å²) >= 11 is 1.24. The molecule has 0 spiro atoms. The van der Waals surface area contributed by atoms with E-state index in [0.29, 0.717) is 33.1 Å². The molecule has 1 aliphatic rings. The van der Waals surface area contributed by atoms with Crippen molar-refractivity contribution in [2.75, 3.05) is 19.7 Å². The number of nitrogens with zero attached hydrogens (tertiary/aromatic N) is 2. The Morgan fingerprint density at radius 2 is 2.12 bits per heavy atom. The lowest BCUT2D eigenvalue weighted by Crippen LogP contribution is -2.36. The zero-order chi connectivity index (χ0) is 18.1. The number of H-pyrrole nitrogens is 1. The number of carbonyl (C=O) groups is 1. The van der Waals surface area contributed by atoms with Gasteiger partial charge >= 0.3 is 5.97 Å². The Bertz CT molecular complexity index is 834. The molecular formula is C18H25N3O3S. The van der Waals surface area contributed by atoms with Crippen LogP contribution in [0.5, 0.6) is 0 Å². The van der Waals surface area contributed by atoms with E-state index in [1.54, 1.807) is 13.8 Å². The molecule has 6 nitrogen and oxygen atoms in total. The molecule has 136 valence electrons. The van der Waals surface area contributed by atoms with E-state index in [0.717, 1.165) is 19.0 Å². The van der Waals surface area contributed by atoms with E-state index in [4.69, 9.17) is 4.74 Å². The summed E-state index contributed by atoms with van der Waals surface area (Å²) in [4.78, 5) is 35.7. The highest BCUT2D eigenvalue weighted by Crippen LogP contribution is 2.30. The molecule has 25 heavy (non-hydrogen) atoms. The van der Waals surface area contributed by atoms with Crippen molar-refractivity contribution in [2.24, 2.45) is 5.92 Å². The van der Waals surface area contributed by atoms with Gasteiger partial charge in [0, 0.05) is 0 Å². The van der Waals surface area contributed by atoms with E-state index in [2.05, 4.69) is 28.7 Å². The molecular weight excluding hydrogens is 338 g/mol. The molecule has 2 aromatic heterocycles. The van der Waals surface area contributed by atoms with Crippen molar-refractivity contribution in [3.63, 3.8) is 0 Å². The molecule has 0 saturated carbocycles. The Kier molecular flexibility index (Phi) is 5.24. The van der Waals surface area contributed by atoms with Gasteiger partial charge in [-0.3, -0.25) is 9.69 Å². The summed E-state index contributed by atoms with van der Waals surface area (Å²) in [6.45, 7) is 10.2. The van der Waals surface area contributed by atoms with Crippen molar-refractivity contribution in [1.82, 2.24) is 14.9 Å². The van der Waals surface area contributed by atoms with Crippen molar-refractivity contribution in [2.45, 2.75) is 46.6 Å². The molecule has 0 amide bonds. The minimum absolute atomic E-state index is 0.0537. The number of piperidine rings is 1. The molecule has 1 fully saturated rings. The smallest absolute Gasteiger partial charge is 0.348 e. The normalized spacial score (nSPS) is 17.8. The average molecular weight is 363 g/mol. The summed E-state index contributed by atoms with van der Waals surface area (Å²) in [5.74, 6) is 1.04. The van der Waals surface area contributed by atoms with Gasteiger partial charge in [-0.15, -0.1) is 11.3 Å². The fourth-order valence-corrected chi connectivity index (χ4v) is 4.42. The molecule has 7 heteroatoms. The van der Waals surface area contributed by atoms with Crippen LogP contribution in [0.2, 0.25) is 0 Å². The van der Waals surface area contributed by atoms with E-state index in [1.165, 1.54) is 24.2 Å². The molecule has 1 saturated heterocycles. The van der Waals surface area contributed by atoms with Crippen LogP contribution in [0.4, 0.5) is 0 Å². The highest BCUT2D eigenvalue weighted by atomic mass is 32.1. The number of ether oxygens (including phenoxy) is 1. The maximum Gasteiger partial charge on any atom is 0.348 e. The molecule has 2 aromatic rings. The maximum atomic E-state index is 12.6. The number of aromatic amines is 1. The Balaban J connectivity index is 1.96. The molecule has 0 radical (unpaired) electrons. The highest BCUT2D eigenvalue weighted by molar-refractivity contribution is 7.20. The highest BCUT2D eigenvalue weighted by Gasteiger charge is 2.25. The van der Waals surface area contributed by atoms with E-state index in [9.17, 15) is 9.59 Å². The van der Waals surface area contributed by atoms with E-state index in [1.807, 2.05) is 0 Å². The van der Waals surface area contributed by atoms with Gasteiger partial charge in [0.15, 0.2) is 0 Å². The van der Waals surface area contributed by atoms with Crippen molar-refractivity contribution < 1.29 is 9.53 Å². The number of hydrogen-bond donors (Lipinski definition) is 1. The number of nitrogens with one attached hydrogen (secondary N) is 1. The second-order valence-corrected chi connectivity index (χ2v) is 7.80. The number of hydrogen-bond acceptors (Lipinski definition) is 6. The van der Waals surface area contributed by atoms with Gasteiger partial charge in [0.1, 0.15) is 15.5 Å². The number of fused-ring (bicyclic) bond motifs is 1. The van der Waals surface area contributed by atoms with Crippen LogP contribution < -0.4 is 5.56 Å². The lowest BCUT2D eigenvalue weighted by Gasteiger charge is -2.34. The lowest BCUT2D eigenvalue weighted by molar-refractivity contribution is 0.0531. The van der Waals surface area contributed by atoms with Crippen LogP contribution in [0.25, 0.3) is 10.2 Å². The molecule has 0 aromatic carbocycles. The first-order valence-electron chi connectivity index (χ1n) is 8.86. The predicted molar refractivity (Wildman–Crippen MR) is 99.3 cm³/mol. The molecule has 1 aliphatic heterocycles. The Morgan fingerprint density at radius 1 is 1.44 bits per heavy atom. The van der Waals surface area contributed by atoms with Crippen LogP contribution in [0.1, 0.15) is 60.7 Å². The SMILES string of the molecule is CCOC(=O)c1sc2nc([C@@H](C)N3CCC(C)CC3)[nH]c(=O)c2c1C. The number of likely N-dealkylation sites (tertiary alicyclic amines) is 1. The molecule has 0 unspecified atom stereocenters. The predicted octanol–water partition coefficient (Wildman–Crippen LogP) is 3.26. The molecule has 3 rings (SSSR count). The number of esters is 1. The van der Waals surface area contributed by atoms with Crippen molar-refractivity contribution >= 4 is 27.5 Å². The van der Waals surface area contributed by atoms with Gasteiger partial charge in [0.2, 0.25) is 0 Å². The monoisotopic (exact) mass is 363 g/mol. The molecule has 1 N–H and O–H groups in total. The second kappa shape index (κ2) is 7.25. The average Bonchev–Trinajstić information content (AvgIpc) is 2.92. The van der Waals surface area contributed by atoms with Crippen LogP contribution in [-0.4, -0.2) is 40.5 Å². The van der Waals surface area contributed by atoms with Gasteiger partial charge in [-0.2, -0.15) is 0 Å². The number of rotatable bonds is 4. The van der Waals surface area contributed by atoms with Crippen LogP contribution in [0, 0.1) is 12.8 Å². The van der Waals surface area contributed by atoms with Crippen LogP contribution in [0.15, 0.2) is 4.79 Å². The first kappa shape index (κ1) is 18.1. The van der Waals surface area contributed by atoms with E-state index in [-0.39, 0.29) is 17.6 Å². The second-order valence-electron chi connectivity index (χ2n) is 6.80. The van der Waals surface area contributed by atoms with Gasteiger partial charge in [0.05, 0.1) is 18.0 Å². The number of thiophene rings is 1. The van der Waals surface area contributed by atoms with Crippen LogP contribution in [0.3, 0.4) is 0 Å². The summed E-state index contributed by atoms with van der Waals surface area (Å²) < 4.78 is 5.08. The maximum absolute atomic E-state index is 12.6. The third kappa shape index (κ3) is 3.48. The summed E-state index contributed by atoms with van der Waals surface area (Å²) in [5, 5.41) is 0.497. The number of carbonyl (C=O) groups excluding carboxylic acids is 1. The van der Waals surface area contributed by atoms with Crippen molar-refractivity contribution in [3.05, 3.63) is 26.6 Å². The van der Waals surface area contributed by atoms with Gasteiger partial charge in [-0.05, 0) is 58.2 Å². The van der Waals surface area contributed by atoms with Gasteiger partial charge < -0.3 is 9.72 Å². The van der Waals surface area contributed by atoms with E-state index < -0.39 is 0 Å². The summed E-state index contributed by atoms with van der Waals surface area (Å²) in [5.41, 5.74) is 0.472. The largest absolute Gasteiger partial charge is 0.462 e. The first-order valence-corrected chi connectivity index (χ1v) is 9.68. The van der Waals surface area contributed by atoms with Crippen LogP contribution >= 0.6 is 11.3 Å². The third-order valence-electron chi connectivity index (χ3n) is 5.04. The minimum atomic E-state index is -0.387. The minimum Gasteiger partial charge on any atom is -0.462 e. The number of aromatic nitrogens is 2. The number of aryl methyl sites for hydroxylation is 1. The van der Waals surface area contributed by atoms with Crippen molar-refractivity contribution in [1.29, 1.82) is 0 Å². The topological polar surface area (TPSA) is 75.3 Å². The third-order valence-corrected chi connectivity index (χ3v) is 6.21. The van der Waals surface area contributed by atoms with Gasteiger partial charge in [0.25, 0.3) is 5.56 Å². The summed E-state index contributed by atoms with van der Waals surface area (Å²) in [7, 11) is 0. The standard InChI is InChI=1S/C18H25N3O3S/c1-5-24-18(23)14-11(3)13-16(22)19-15(20-17(13)25-14)12(4)21-8-6-10(2)7-9-21/h10,12H,5-9H2,1-4H3,(H,19,20,22)/t12-/m1/s1. The molecule has 0 bridgehead atoms. The Morgan fingerprint density at radius 3 is 2.76 bits per heavy atom. The van der Waals surface area contributed by atoms with Crippen molar-refractivity contribution in [3.8, 4) is 0 Å². The lowest BCUT2D eigenvalue weighted by atomic mass is 9.98. The first-order chi connectivity index (χ1) is 11.9.